The fraction of sp³-hybridized carbons (Fsp3) is 0.353. The van der Waals surface area contributed by atoms with Crippen LogP contribution in [0.15, 0.2) is 30.6 Å². The summed E-state index contributed by atoms with van der Waals surface area (Å²) in [6.07, 6.45) is 4.90. The van der Waals surface area contributed by atoms with Gasteiger partial charge in [-0.05, 0) is 30.9 Å². The van der Waals surface area contributed by atoms with Crippen molar-refractivity contribution in [2.75, 3.05) is 23.3 Å². The van der Waals surface area contributed by atoms with E-state index in [0.29, 0.717) is 11.9 Å². The lowest BCUT2D eigenvalue weighted by molar-refractivity contribution is 0.102. The Kier molecular flexibility index (Phi) is 4.69. The number of rotatable bonds is 3. The molecule has 5 nitrogen and oxygen atoms in total. The summed E-state index contributed by atoms with van der Waals surface area (Å²) in [5.74, 6) is -1.05. The maximum Gasteiger partial charge on any atom is 0.258 e. The van der Waals surface area contributed by atoms with Crippen LogP contribution in [0.25, 0.3) is 0 Å². The second-order valence-corrected chi connectivity index (χ2v) is 5.99. The highest BCUT2D eigenvalue weighted by Gasteiger charge is 2.19. The lowest BCUT2D eigenvalue weighted by Gasteiger charge is -2.30. The number of benzene rings is 1. The zero-order chi connectivity index (χ0) is 17.1. The van der Waals surface area contributed by atoms with Crippen LogP contribution in [0.4, 0.5) is 20.4 Å². The van der Waals surface area contributed by atoms with Gasteiger partial charge >= 0.3 is 0 Å². The van der Waals surface area contributed by atoms with Crippen molar-refractivity contribution < 1.29 is 13.6 Å². The quantitative estimate of drug-likeness (QED) is 0.937. The summed E-state index contributed by atoms with van der Waals surface area (Å²) in [5, 5.41) is 2.22. The molecule has 2 heterocycles. The van der Waals surface area contributed by atoms with Crippen molar-refractivity contribution in [2.45, 2.75) is 19.8 Å². The molecular formula is C17H18F2N4O. The van der Waals surface area contributed by atoms with E-state index >= 15 is 0 Å². The maximum absolute atomic E-state index is 13.6. The van der Waals surface area contributed by atoms with Crippen LogP contribution in [-0.4, -0.2) is 29.0 Å². The molecule has 126 valence electrons. The average molecular weight is 332 g/mol. The van der Waals surface area contributed by atoms with Crippen molar-refractivity contribution in [1.29, 1.82) is 0 Å². The second kappa shape index (κ2) is 6.90. The minimum Gasteiger partial charge on any atom is -0.341 e. The molecule has 1 saturated heterocycles. The predicted molar refractivity (Wildman–Crippen MR) is 87.0 cm³/mol. The number of hydrogen-bond donors (Lipinski definition) is 1. The molecule has 1 aliphatic heterocycles. The number of nitrogens with one attached hydrogen (secondary N) is 1. The molecule has 24 heavy (non-hydrogen) atoms. The Morgan fingerprint density at radius 3 is 2.33 bits per heavy atom. The van der Waals surface area contributed by atoms with Crippen molar-refractivity contribution in [3.63, 3.8) is 0 Å². The minimum absolute atomic E-state index is 0.145. The maximum atomic E-state index is 13.6. The van der Waals surface area contributed by atoms with Crippen LogP contribution >= 0.6 is 0 Å². The highest BCUT2D eigenvalue weighted by Crippen LogP contribution is 2.21. The molecule has 7 heteroatoms. The first-order valence-corrected chi connectivity index (χ1v) is 7.87. The molecule has 0 spiro atoms. The molecule has 0 unspecified atom stereocenters. The monoisotopic (exact) mass is 332 g/mol. The molecule has 1 aromatic carbocycles. The predicted octanol–water partition coefficient (Wildman–Crippen LogP) is 3.24. The van der Waals surface area contributed by atoms with Gasteiger partial charge in [-0.2, -0.15) is 0 Å². The molecule has 0 radical (unpaired) electrons. The number of amides is 1. The van der Waals surface area contributed by atoms with Gasteiger partial charge < -0.3 is 10.2 Å². The molecule has 3 rings (SSSR count). The molecule has 2 aromatic rings. The van der Waals surface area contributed by atoms with E-state index in [-0.39, 0.29) is 5.56 Å². The molecule has 1 aromatic heterocycles. The van der Waals surface area contributed by atoms with E-state index in [1.54, 1.807) is 0 Å². The number of para-hydroxylation sites is 1. The van der Waals surface area contributed by atoms with E-state index < -0.39 is 23.2 Å². The lowest BCUT2D eigenvalue weighted by atomic mass is 10.00. The van der Waals surface area contributed by atoms with E-state index in [0.717, 1.165) is 38.1 Å². The van der Waals surface area contributed by atoms with Crippen LogP contribution in [-0.2, 0) is 0 Å². The number of carbonyl (C=O) groups is 1. The molecule has 0 atom stereocenters. The summed E-state index contributed by atoms with van der Waals surface area (Å²) in [6.45, 7) is 3.98. The van der Waals surface area contributed by atoms with Crippen LogP contribution in [0.3, 0.4) is 0 Å². The lowest BCUT2D eigenvalue weighted by Crippen LogP contribution is -2.34. The first kappa shape index (κ1) is 16.3. The molecule has 0 aliphatic carbocycles. The summed E-state index contributed by atoms with van der Waals surface area (Å²) in [5.41, 5.74) is -0.330. The zero-order valence-corrected chi connectivity index (χ0v) is 13.3. The van der Waals surface area contributed by atoms with Gasteiger partial charge in [-0.1, -0.05) is 13.0 Å². The van der Waals surface area contributed by atoms with Gasteiger partial charge in [0.2, 0.25) is 5.95 Å². The molecule has 1 fully saturated rings. The number of aromatic nitrogens is 2. The molecule has 1 N–H and O–H groups in total. The van der Waals surface area contributed by atoms with Crippen molar-refractivity contribution >= 4 is 17.5 Å². The van der Waals surface area contributed by atoms with E-state index in [1.807, 2.05) is 0 Å². The number of halogens is 2. The van der Waals surface area contributed by atoms with E-state index in [1.165, 1.54) is 18.5 Å². The standard InChI is InChI=1S/C17H18F2N4O/c1-11-5-7-23(8-6-11)17-20-9-12(10-21-17)16(24)22-15-13(18)3-2-4-14(15)19/h2-4,9-11H,5-8H2,1H3,(H,22,24). The van der Waals surface area contributed by atoms with Crippen molar-refractivity contribution in [1.82, 2.24) is 9.97 Å². The fourth-order valence-corrected chi connectivity index (χ4v) is 2.61. The molecule has 0 bridgehead atoms. The number of carbonyl (C=O) groups excluding carboxylic acids is 1. The normalized spacial score (nSPS) is 15.4. The fourth-order valence-electron chi connectivity index (χ4n) is 2.61. The number of nitrogens with zero attached hydrogens (tertiary/aromatic N) is 3. The summed E-state index contributed by atoms with van der Waals surface area (Å²) in [4.78, 5) is 22.6. The number of hydrogen-bond acceptors (Lipinski definition) is 4. The Hall–Kier alpha value is -2.57. The first-order chi connectivity index (χ1) is 11.5. The highest BCUT2D eigenvalue weighted by molar-refractivity contribution is 6.04. The smallest absolute Gasteiger partial charge is 0.258 e. The molecular weight excluding hydrogens is 314 g/mol. The number of piperidine rings is 1. The molecule has 0 saturated carbocycles. The van der Waals surface area contributed by atoms with Gasteiger partial charge in [0.15, 0.2) is 0 Å². The third-order valence-electron chi connectivity index (χ3n) is 4.17. The summed E-state index contributed by atoms with van der Waals surface area (Å²) in [6, 6.07) is 3.39. The Labute approximate surface area is 138 Å². The van der Waals surface area contributed by atoms with Crippen LogP contribution in [0.5, 0.6) is 0 Å². The number of anilines is 2. The van der Waals surface area contributed by atoms with Crippen LogP contribution in [0.1, 0.15) is 30.1 Å². The largest absolute Gasteiger partial charge is 0.341 e. The third kappa shape index (κ3) is 3.50. The Morgan fingerprint density at radius 1 is 1.17 bits per heavy atom. The Morgan fingerprint density at radius 2 is 1.75 bits per heavy atom. The highest BCUT2D eigenvalue weighted by atomic mass is 19.1. The summed E-state index contributed by atoms with van der Waals surface area (Å²) in [7, 11) is 0. The first-order valence-electron chi connectivity index (χ1n) is 7.87. The topological polar surface area (TPSA) is 58.1 Å². The van der Waals surface area contributed by atoms with Crippen molar-refractivity contribution in [3.05, 3.63) is 47.8 Å². The third-order valence-corrected chi connectivity index (χ3v) is 4.17. The second-order valence-electron chi connectivity index (χ2n) is 5.99. The van der Waals surface area contributed by atoms with E-state index in [9.17, 15) is 13.6 Å². The van der Waals surface area contributed by atoms with Gasteiger partial charge in [0, 0.05) is 25.5 Å². The minimum atomic E-state index is -0.830. The van der Waals surface area contributed by atoms with Crippen molar-refractivity contribution in [2.24, 2.45) is 5.92 Å². The van der Waals surface area contributed by atoms with Crippen LogP contribution in [0.2, 0.25) is 0 Å². The average Bonchev–Trinajstić information content (AvgIpc) is 2.59. The SMILES string of the molecule is CC1CCN(c2ncc(C(=O)Nc3c(F)cccc3F)cn2)CC1. The van der Waals surface area contributed by atoms with E-state index in [2.05, 4.69) is 27.1 Å². The molecule has 1 aliphatic rings. The van der Waals surface area contributed by atoms with Gasteiger partial charge in [0.25, 0.3) is 5.91 Å². The molecule has 1 amide bonds. The van der Waals surface area contributed by atoms with E-state index in [4.69, 9.17) is 0 Å². The van der Waals surface area contributed by atoms with Gasteiger partial charge in [0.05, 0.1) is 5.56 Å². The zero-order valence-electron chi connectivity index (χ0n) is 13.3. The van der Waals surface area contributed by atoms with Crippen LogP contribution in [0, 0.1) is 17.6 Å². The Bertz CT molecular complexity index is 708. The van der Waals surface area contributed by atoms with Crippen LogP contribution < -0.4 is 10.2 Å². The summed E-state index contributed by atoms with van der Waals surface area (Å²) >= 11 is 0. The Balaban J connectivity index is 1.70. The van der Waals surface area contributed by atoms with Crippen molar-refractivity contribution in [3.8, 4) is 0 Å². The summed E-state index contributed by atoms with van der Waals surface area (Å²) < 4.78 is 27.1. The van der Waals surface area contributed by atoms with Gasteiger partial charge in [-0.15, -0.1) is 0 Å². The van der Waals surface area contributed by atoms with Gasteiger partial charge in [0.1, 0.15) is 17.3 Å². The van der Waals surface area contributed by atoms with Gasteiger partial charge in [-0.25, -0.2) is 18.7 Å². The van der Waals surface area contributed by atoms with Gasteiger partial charge in [-0.3, -0.25) is 4.79 Å².